The van der Waals surface area contributed by atoms with Gasteiger partial charge in [-0.25, -0.2) is 4.79 Å². The summed E-state index contributed by atoms with van der Waals surface area (Å²) in [6, 6.07) is 5.07. The quantitative estimate of drug-likeness (QED) is 0.881. The van der Waals surface area contributed by atoms with Crippen molar-refractivity contribution in [2.24, 2.45) is 0 Å². The maximum Gasteiger partial charge on any atom is 0.319 e. The van der Waals surface area contributed by atoms with Gasteiger partial charge in [0.1, 0.15) is 0 Å². The summed E-state index contributed by atoms with van der Waals surface area (Å²) < 4.78 is 0. The molecule has 0 bridgehead atoms. The summed E-state index contributed by atoms with van der Waals surface area (Å²) in [6.45, 7) is 12.5. The standard InChI is InChI=1S/C19H31N3O/c1-13-10-14(2)18(15(3)11-13)21-19(23)20-12-17(5)22-9-7-6-8-16(22)4/h10-11,16-17H,6-9,12H2,1-5H3,(H2,20,21,23)/t16-,17-/m0/s1. The van der Waals surface area contributed by atoms with Gasteiger partial charge in [0.15, 0.2) is 0 Å². The lowest BCUT2D eigenvalue weighted by atomic mass is 10.0. The highest BCUT2D eigenvalue weighted by molar-refractivity contribution is 5.91. The van der Waals surface area contributed by atoms with Crippen LogP contribution in [0.3, 0.4) is 0 Å². The molecule has 0 aliphatic carbocycles. The third-order valence-electron chi connectivity index (χ3n) is 4.89. The monoisotopic (exact) mass is 317 g/mol. The summed E-state index contributed by atoms with van der Waals surface area (Å²) in [5.74, 6) is 0. The van der Waals surface area contributed by atoms with Crippen molar-refractivity contribution in [2.45, 2.75) is 66.0 Å². The highest BCUT2D eigenvalue weighted by Gasteiger charge is 2.23. The number of amides is 2. The number of carbonyl (C=O) groups is 1. The van der Waals surface area contributed by atoms with E-state index in [1.165, 1.54) is 24.8 Å². The molecule has 4 heteroatoms. The molecule has 0 aromatic heterocycles. The first-order valence-corrected chi connectivity index (χ1v) is 8.77. The smallest absolute Gasteiger partial charge is 0.319 e. The van der Waals surface area contributed by atoms with Crippen molar-refractivity contribution in [2.75, 3.05) is 18.4 Å². The molecule has 1 aliphatic heterocycles. The molecule has 2 amide bonds. The molecule has 1 aromatic rings. The number of nitrogens with one attached hydrogen (secondary N) is 2. The summed E-state index contributed by atoms with van der Waals surface area (Å²) in [6.07, 6.45) is 3.85. The van der Waals surface area contributed by atoms with Crippen LogP contribution in [0.25, 0.3) is 0 Å². The molecule has 0 saturated carbocycles. The minimum absolute atomic E-state index is 0.114. The summed E-state index contributed by atoms with van der Waals surface area (Å²) in [4.78, 5) is 14.7. The van der Waals surface area contributed by atoms with Gasteiger partial charge < -0.3 is 10.6 Å². The van der Waals surface area contributed by atoms with E-state index in [0.29, 0.717) is 18.6 Å². The van der Waals surface area contributed by atoms with Crippen LogP contribution in [-0.2, 0) is 0 Å². The number of carbonyl (C=O) groups excluding carboxylic acids is 1. The Morgan fingerprint density at radius 1 is 1.26 bits per heavy atom. The lowest BCUT2D eigenvalue weighted by Gasteiger charge is -2.38. The molecule has 1 aliphatic rings. The molecule has 2 rings (SSSR count). The van der Waals surface area contributed by atoms with E-state index >= 15 is 0 Å². The predicted octanol–water partition coefficient (Wildman–Crippen LogP) is 4.00. The number of hydrogen-bond donors (Lipinski definition) is 2. The molecule has 0 unspecified atom stereocenters. The average Bonchev–Trinajstić information content (AvgIpc) is 2.49. The van der Waals surface area contributed by atoms with Crippen LogP contribution >= 0.6 is 0 Å². The van der Waals surface area contributed by atoms with E-state index in [9.17, 15) is 4.79 Å². The second-order valence-electron chi connectivity index (χ2n) is 7.04. The van der Waals surface area contributed by atoms with Crippen LogP contribution in [0.5, 0.6) is 0 Å². The van der Waals surface area contributed by atoms with Crippen molar-refractivity contribution in [3.63, 3.8) is 0 Å². The highest BCUT2D eigenvalue weighted by atomic mass is 16.2. The van der Waals surface area contributed by atoms with E-state index in [-0.39, 0.29) is 6.03 Å². The molecular weight excluding hydrogens is 286 g/mol. The van der Waals surface area contributed by atoms with Crippen molar-refractivity contribution < 1.29 is 4.79 Å². The van der Waals surface area contributed by atoms with Crippen LogP contribution in [0.1, 0.15) is 49.8 Å². The van der Waals surface area contributed by atoms with Gasteiger partial charge in [0.05, 0.1) is 0 Å². The number of anilines is 1. The van der Waals surface area contributed by atoms with E-state index in [4.69, 9.17) is 0 Å². The van der Waals surface area contributed by atoms with Gasteiger partial charge >= 0.3 is 6.03 Å². The van der Waals surface area contributed by atoms with Gasteiger partial charge in [-0.3, -0.25) is 4.90 Å². The molecule has 0 spiro atoms. The normalized spacial score (nSPS) is 20.1. The fourth-order valence-electron chi connectivity index (χ4n) is 3.67. The first-order chi connectivity index (χ1) is 10.9. The first kappa shape index (κ1) is 17.8. The van der Waals surface area contributed by atoms with Crippen LogP contribution in [0.15, 0.2) is 12.1 Å². The highest BCUT2D eigenvalue weighted by Crippen LogP contribution is 2.22. The zero-order valence-electron chi connectivity index (χ0n) is 15.2. The molecular formula is C19H31N3O. The second kappa shape index (κ2) is 7.82. The van der Waals surface area contributed by atoms with E-state index in [0.717, 1.165) is 23.4 Å². The number of nitrogens with zero attached hydrogens (tertiary/aromatic N) is 1. The number of hydrogen-bond acceptors (Lipinski definition) is 2. The lowest BCUT2D eigenvalue weighted by Crippen LogP contribution is -2.49. The third kappa shape index (κ3) is 4.71. The summed E-state index contributed by atoms with van der Waals surface area (Å²) in [5, 5.41) is 6.03. The van der Waals surface area contributed by atoms with Crippen molar-refractivity contribution in [1.82, 2.24) is 10.2 Å². The second-order valence-corrected chi connectivity index (χ2v) is 7.04. The molecule has 1 heterocycles. The average molecular weight is 317 g/mol. The number of rotatable bonds is 4. The molecule has 1 fully saturated rings. The van der Waals surface area contributed by atoms with Crippen molar-refractivity contribution >= 4 is 11.7 Å². The lowest BCUT2D eigenvalue weighted by molar-refractivity contribution is 0.114. The summed E-state index contributed by atoms with van der Waals surface area (Å²) in [5.41, 5.74) is 4.36. The number of piperidine rings is 1. The Morgan fingerprint density at radius 2 is 1.91 bits per heavy atom. The van der Waals surface area contributed by atoms with Gasteiger partial charge in [-0.1, -0.05) is 24.1 Å². The molecule has 1 aromatic carbocycles. The van der Waals surface area contributed by atoms with E-state index in [1.54, 1.807) is 0 Å². The van der Waals surface area contributed by atoms with Gasteiger partial charge in [-0.05, 0) is 65.1 Å². The molecule has 2 atom stereocenters. The zero-order chi connectivity index (χ0) is 17.0. The zero-order valence-corrected chi connectivity index (χ0v) is 15.2. The van der Waals surface area contributed by atoms with Crippen LogP contribution in [0, 0.1) is 20.8 Å². The van der Waals surface area contributed by atoms with Crippen LogP contribution in [-0.4, -0.2) is 36.1 Å². The van der Waals surface area contributed by atoms with Gasteiger partial charge in [0, 0.05) is 24.3 Å². The van der Waals surface area contributed by atoms with Gasteiger partial charge in [-0.2, -0.15) is 0 Å². The minimum Gasteiger partial charge on any atom is -0.336 e. The maximum atomic E-state index is 12.2. The molecule has 128 valence electrons. The number of likely N-dealkylation sites (tertiary alicyclic amines) is 1. The fourth-order valence-corrected chi connectivity index (χ4v) is 3.67. The van der Waals surface area contributed by atoms with Gasteiger partial charge in [-0.15, -0.1) is 0 Å². The summed E-state index contributed by atoms with van der Waals surface area (Å²) in [7, 11) is 0. The topological polar surface area (TPSA) is 44.4 Å². The van der Waals surface area contributed by atoms with Crippen molar-refractivity contribution in [3.05, 3.63) is 28.8 Å². The summed E-state index contributed by atoms with van der Waals surface area (Å²) >= 11 is 0. The molecule has 2 N–H and O–H groups in total. The van der Waals surface area contributed by atoms with Gasteiger partial charge in [0.25, 0.3) is 0 Å². The fraction of sp³-hybridized carbons (Fsp3) is 0.632. The van der Waals surface area contributed by atoms with Gasteiger partial charge in [0.2, 0.25) is 0 Å². The Kier molecular flexibility index (Phi) is 6.05. The third-order valence-corrected chi connectivity index (χ3v) is 4.89. The Bertz CT molecular complexity index is 533. The SMILES string of the molecule is Cc1cc(C)c(NC(=O)NC[C@H](C)N2CCCC[C@@H]2C)c(C)c1. The predicted molar refractivity (Wildman–Crippen MR) is 97.2 cm³/mol. The van der Waals surface area contributed by atoms with E-state index < -0.39 is 0 Å². The molecule has 23 heavy (non-hydrogen) atoms. The molecule has 0 radical (unpaired) electrons. The Morgan fingerprint density at radius 3 is 2.52 bits per heavy atom. The maximum absolute atomic E-state index is 12.2. The Labute approximate surface area is 140 Å². The van der Waals surface area contributed by atoms with Crippen LogP contribution in [0.4, 0.5) is 10.5 Å². The van der Waals surface area contributed by atoms with E-state index in [1.807, 2.05) is 13.8 Å². The minimum atomic E-state index is -0.114. The largest absolute Gasteiger partial charge is 0.336 e. The van der Waals surface area contributed by atoms with E-state index in [2.05, 4.69) is 48.4 Å². The number of benzene rings is 1. The number of aryl methyl sites for hydroxylation is 3. The Hall–Kier alpha value is -1.55. The van der Waals surface area contributed by atoms with Crippen LogP contribution < -0.4 is 10.6 Å². The molecule has 1 saturated heterocycles. The van der Waals surface area contributed by atoms with Crippen molar-refractivity contribution in [3.8, 4) is 0 Å². The van der Waals surface area contributed by atoms with Crippen molar-refractivity contribution in [1.29, 1.82) is 0 Å². The first-order valence-electron chi connectivity index (χ1n) is 8.77. The van der Waals surface area contributed by atoms with Crippen LogP contribution in [0.2, 0.25) is 0 Å². The molecule has 4 nitrogen and oxygen atoms in total. The Balaban J connectivity index is 1.88. The number of urea groups is 1.